The first kappa shape index (κ1) is 13.5. The van der Waals surface area contributed by atoms with Crippen molar-refractivity contribution >= 4 is 0 Å². The first-order chi connectivity index (χ1) is 10.1. The van der Waals surface area contributed by atoms with Gasteiger partial charge in [-0.05, 0) is 25.1 Å². The lowest BCUT2D eigenvalue weighted by molar-refractivity contribution is 0.289. The molecule has 21 heavy (non-hydrogen) atoms. The van der Waals surface area contributed by atoms with Crippen molar-refractivity contribution in [1.82, 2.24) is 9.13 Å². The molecule has 6 heteroatoms. The standard InChI is InChI=1S/C15H16N2O4/c1-4-17-12-11-6-5-10(20-3)7-9(11)8-21-13(12)14(18)16(2)15(17)19/h5-7H,4,8H2,1-3H3. The van der Waals surface area contributed by atoms with E-state index < -0.39 is 5.56 Å². The molecule has 0 aliphatic carbocycles. The molecule has 0 radical (unpaired) electrons. The molecule has 1 aliphatic heterocycles. The number of hydrogen-bond donors (Lipinski definition) is 0. The van der Waals surface area contributed by atoms with Gasteiger partial charge in [0, 0.05) is 24.7 Å². The van der Waals surface area contributed by atoms with Gasteiger partial charge in [-0.15, -0.1) is 0 Å². The smallest absolute Gasteiger partial charge is 0.331 e. The summed E-state index contributed by atoms with van der Waals surface area (Å²) >= 11 is 0. The second-order valence-electron chi connectivity index (χ2n) is 4.88. The average molecular weight is 288 g/mol. The van der Waals surface area contributed by atoms with Gasteiger partial charge in [-0.3, -0.25) is 13.9 Å². The van der Waals surface area contributed by atoms with Crippen molar-refractivity contribution in [3.05, 3.63) is 44.6 Å². The molecule has 2 heterocycles. The zero-order valence-electron chi connectivity index (χ0n) is 12.2. The van der Waals surface area contributed by atoms with Gasteiger partial charge in [0.1, 0.15) is 18.1 Å². The quantitative estimate of drug-likeness (QED) is 0.831. The molecule has 0 amide bonds. The molecular weight excluding hydrogens is 272 g/mol. The minimum absolute atomic E-state index is 0.233. The van der Waals surface area contributed by atoms with Crippen LogP contribution < -0.4 is 20.7 Å². The van der Waals surface area contributed by atoms with Crippen LogP contribution in [0.25, 0.3) is 11.3 Å². The van der Waals surface area contributed by atoms with E-state index in [1.165, 1.54) is 7.05 Å². The minimum atomic E-state index is -0.402. The Morgan fingerprint density at radius 3 is 2.76 bits per heavy atom. The third kappa shape index (κ3) is 1.86. The minimum Gasteiger partial charge on any atom is -0.497 e. The zero-order chi connectivity index (χ0) is 15.1. The van der Waals surface area contributed by atoms with Crippen LogP contribution in [0.2, 0.25) is 0 Å². The van der Waals surface area contributed by atoms with Gasteiger partial charge in [0.15, 0.2) is 0 Å². The molecular formula is C15H16N2O4. The normalized spacial score (nSPS) is 12.3. The van der Waals surface area contributed by atoms with Gasteiger partial charge >= 0.3 is 5.69 Å². The monoisotopic (exact) mass is 288 g/mol. The van der Waals surface area contributed by atoms with Crippen LogP contribution in [-0.4, -0.2) is 16.2 Å². The molecule has 1 aromatic carbocycles. The third-order valence-electron chi connectivity index (χ3n) is 3.76. The molecule has 0 atom stereocenters. The first-order valence-corrected chi connectivity index (χ1v) is 6.72. The summed E-state index contributed by atoms with van der Waals surface area (Å²) in [4.78, 5) is 24.5. The predicted molar refractivity (Wildman–Crippen MR) is 77.9 cm³/mol. The lowest BCUT2D eigenvalue weighted by atomic mass is 10.0. The van der Waals surface area contributed by atoms with E-state index >= 15 is 0 Å². The van der Waals surface area contributed by atoms with Crippen LogP contribution >= 0.6 is 0 Å². The molecule has 0 fully saturated rings. The van der Waals surface area contributed by atoms with Crippen LogP contribution in [0.3, 0.4) is 0 Å². The van der Waals surface area contributed by atoms with Crippen LogP contribution in [0.1, 0.15) is 12.5 Å². The SMILES string of the molecule is CCn1c2c(c(=O)n(C)c1=O)OCc1cc(OC)ccc1-2. The van der Waals surface area contributed by atoms with Crippen molar-refractivity contribution in [2.45, 2.75) is 20.1 Å². The van der Waals surface area contributed by atoms with Gasteiger partial charge in [-0.25, -0.2) is 4.79 Å². The summed E-state index contributed by atoms with van der Waals surface area (Å²) in [6.45, 7) is 2.62. The number of nitrogens with zero attached hydrogens (tertiary/aromatic N) is 2. The van der Waals surface area contributed by atoms with Crippen molar-refractivity contribution in [2.75, 3.05) is 7.11 Å². The molecule has 0 bridgehead atoms. The van der Waals surface area contributed by atoms with E-state index in [2.05, 4.69) is 0 Å². The van der Waals surface area contributed by atoms with Gasteiger partial charge in [0.05, 0.1) is 7.11 Å². The number of fused-ring (bicyclic) bond motifs is 3. The van der Waals surface area contributed by atoms with Gasteiger partial charge < -0.3 is 9.47 Å². The van der Waals surface area contributed by atoms with Gasteiger partial charge in [0.2, 0.25) is 5.75 Å². The summed E-state index contributed by atoms with van der Waals surface area (Å²) < 4.78 is 13.4. The van der Waals surface area contributed by atoms with Crippen molar-refractivity contribution in [3.8, 4) is 22.8 Å². The number of benzene rings is 1. The Kier molecular flexibility index (Phi) is 3.08. The average Bonchev–Trinajstić information content (AvgIpc) is 2.52. The Balaban J connectivity index is 2.39. The summed E-state index contributed by atoms with van der Waals surface area (Å²) in [6, 6.07) is 5.54. The molecule has 0 N–H and O–H groups in total. The van der Waals surface area contributed by atoms with Crippen molar-refractivity contribution in [2.24, 2.45) is 7.05 Å². The van der Waals surface area contributed by atoms with E-state index in [4.69, 9.17) is 9.47 Å². The highest BCUT2D eigenvalue weighted by molar-refractivity contribution is 5.72. The third-order valence-corrected chi connectivity index (χ3v) is 3.76. The largest absolute Gasteiger partial charge is 0.497 e. The fourth-order valence-corrected chi connectivity index (χ4v) is 2.63. The number of ether oxygens (including phenoxy) is 2. The Morgan fingerprint density at radius 1 is 1.33 bits per heavy atom. The van der Waals surface area contributed by atoms with Crippen LogP contribution in [0.5, 0.6) is 11.5 Å². The molecule has 0 saturated carbocycles. The molecule has 6 nitrogen and oxygen atoms in total. The van der Waals surface area contributed by atoms with Crippen molar-refractivity contribution in [1.29, 1.82) is 0 Å². The van der Waals surface area contributed by atoms with Crippen LogP contribution in [0.4, 0.5) is 0 Å². The van der Waals surface area contributed by atoms with Crippen molar-refractivity contribution in [3.63, 3.8) is 0 Å². The summed E-state index contributed by atoms with van der Waals surface area (Å²) in [6.07, 6.45) is 0. The molecule has 0 spiro atoms. The van der Waals surface area contributed by atoms with Crippen LogP contribution in [0, 0.1) is 0 Å². The van der Waals surface area contributed by atoms with Gasteiger partial charge in [-0.2, -0.15) is 0 Å². The summed E-state index contributed by atoms with van der Waals surface area (Å²) in [5, 5.41) is 0. The molecule has 1 aliphatic rings. The first-order valence-electron chi connectivity index (χ1n) is 6.72. The lowest BCUT2D eigenvalue weighted by Gasteiger charge is -2.24. The lowest BCUT2D eigenvalue weighted by Crippen LogP contribution is -2.40. The van der Waals surface area contributed by atoms with Crippen molar-refractivity contribution < 1.29 is 9.47 Å². The van der Waals surface area contributed by atoms with E-state index in [9.17, 15) is 9.59 Å². The van der Waals surface area contributed by atoms with Crippen LogP contribution in [-0.2, 0) is 20.2 Å². The number of aromatic nitrogens is 2. The van der Waals surface area contributed by atoms with Gasteiger partial charge in [-0.1, -0.05) is 0 Å². The number of hydrogen-bond acceptors (Lipinski definition) is 4. The maximum atomic E-state index is 12.3. The maximum Gasteiger partial charge on any atom is 0.331 e. The fourth-order valence-electron chi connectivity index (χ4n) is 2.63. The molecule has 3 rings (SSSR count). The van der Waals surface area contributed by atoms with E-state index in [1.807, 2.05) is 25.1 Å². The topological polar surface area (TPSA) is 62.5 Å². The summed E-state index contributed by atoms with van der Waals surface area (Å²) in [7, 11) is 3.06. The Bertz CT molecular complexity index is 802. The Hall–Kier alpha value is -2.50. The maximum absolute atomic E-state index is 12.3. The molecule has 1 aromatic heterocycles. The highest BCUT2D eigenvalue weighted by atomic mass is 16.5. The fraction of sp³-hybridized carbons (Fsp3) is 0.333. The Morgan fingerprint density at radius 2 is 2.10 bits per heavy atom. The number of methoxy groups -OCH3 is 1. The molecule has 0 unspecified atom stereocenters. The summed E-state index contributed by atoms with van der Waals surface area (Å²) in [5.41, 5.74) is 1.55. The molecule has 2 aromatic rings. The van der Waals surface area contributed by atoms with E-state index in [0.717, 1.165) is 21.4 Å². The second-order valence-corrected chi connectivity index (χ2v) is 4.88. The second kappa shape index (κ2) is 4.80. The molecule has 0 saturated heterocycles. The van der Waals surface area contributed by atoms with Gasteiger partial charge in [0.25, 0.3) is 5.56 Å². The zero-order valence-corrected chi connectivity index (χ0v) is 12.2. The van der Waals surface area contributed by atoms with Crippen LogP contribution in [0.15, 0.2) is 27.8 Å². The van der Waals surface area contributed by atoms with E-state index in [-0.39, 0.29) is 18.0 Å². The Labute approximate surface area is 121 Å². The van der Waals surface area contributed by atoms with E-state index in [0.29, 0.717) is 12.2 Å². The highest BCUT2D eigenvalue weighted by Crippen LogP contribution is 2.36. The summed E-state index contributed by atoms with van der Waals surface area (Å²) in [5.74, 6) is 0.951. The highest BCUT2D eigenvalue weighted by Gasteiger charge is 2.26. The number of rotatable bonds is 2. The van der Waals surface area contributed by atoms with E-state index in [1.54, 1.807) is 11.7 Å². The molecule has 110 valence electrons. The predicted octanol–water partition coefficient (Wildman–Crippen LogP) is 1.13.